The highest BCUT2D eigenvalue weighted by Gasteiger charge is 2.35. The number of hydrogen-bond donors (Lipinski definition) is 3. The second kappa shape index (κ2) is 7.92. The summed E-state index contributed by atoms with van der Waals surface area (Å²) in [6.07, 6.45) is 0.0618. The second-order valence-electron chi connectivity index (χ2n) is 6.94. The van der Waals surface area contributed by atoms with Crippen molar-refractivity contribution in [2.24, 2.45) is 0 Å². The molecule has 0 fully saturated rings. The molecule has 7 nitrogen and oxygen atoms in total. The number of rotatable bonds is 5. The molecule has 1 aromatic heterocycles. The Labute approximate surface area is 180 Å². The van der Waals surface area contributed by atoms with Crippen LogP contribution < -0.4 is 14.8 Å². The molecular formula is C22H18FNO6S. The number of benzene rings is 2. The summed E-state index contributed by atoms with van der Waals surface area (Å²) < 4.78 is 24.3. The number of methoxy groups -OCH3 is 2. The SMILES string of the molecule is COc1cc([C@H]2CC(=O)Nc3c2sc(C(=O)O)c3-c2cccc(F)c2)cc(OC)c1O. The first kappa shape index (κ1) is 20.7. The first-order chi connectivity index (χ1) is 14.8. The zero-order valence-electron chi connectivity index (χ0n) is 16.6. The van der Waals surface area contributed by atoms with Gasteiger partial charge in [-0.15, -0.1) is 11.3 Å². The van der Waals surface area contributed by atoms with Crippen LogP contribution in [-0.4, -0.2) is 36.3 Å². The average molecular weight is 443 g/mol. The Morgan fingerprint density at radius 3 is 2.45 bits per heavy atom. The fraction of sp³-hybridized carbons (Fsp3) is 0.182. The van der Waals surface area contributed by atoms with Gasteiger partial charge in [0.05, 0.1) is 19.9 Å². The van der Waals surface area contributed by atoms with Gasteiger partial charge in [-0.1, -0.05) is 12.1 Å². The van der Waals surface area contributed by atoms with Gasteiger partial charge in [0, 0.05) is 22.8 Å². The van der Waals surface area contributed by atoms with Crippen LogP contribution in [0.1, 0.15) is 32.5 Å². The number of amides is 1. The molecule has 2 heterocycles. The van der Waals surface area contributed by atoms with Crippen molar-refractivity contribution in [1.29, 1.82) is 0 Å². The molecule has 1 aliphatic heterocycles. The summed E-state index contributed by atoms with van der Waals surface area (Å²) in [5.41, 5.74) is 1.59. The van der Waals surface area contributed by atoms with Crippen LogP contribution in [0, 0.1) is 5.82 Å². The van der Waals surface area contributed by atoms with Crippen LogP contribution in [0.2, 0.25) is 0 Å². The number of anilines is 1. The van der Waals surface area contributed by atoms with Crippen molar-refractivity contribution >= 4 is 28.9 Å². The van der Waals surface area contributed by atoms with Crippen LogP contribution >= 0.6 is 11.3 Å². The molecule has 0 spiro atoms. The Morgan fingerprint density at radius 1 is 1.19 bits per heavy atom. The highest BCUT2D eigenvalue weighted by Crippen LogP contribution is 2.51. The summed E-state index contributed by atoms with van der Waals surface area (Å²) in [5.74, 6) is -2.34. The fourth-order valence-corrected chi connectivity index (χ4v) is 4.99. The van der Waals surface area contributed by atoms with Gasteiger partial charge in [-0.3, -0.25) is 4.79 Å². The molecule has 0 aliphatic carbocycles. The first-order valence-corrected chi connectivity index (χ1v) is 10.1. The summed E-state index contributed by atoms with van der Waals surface area (Å²) in [6, 6.07) is 8.76. The van der Waals surface area contributed by atoms with Crippen molar-refractivity contribution in [3.63, 3.8) is 0 Å². The number of phenols is 1. The van der Waals surface area contributed by atoms with E-state index in [0.29, 0.717) is 21.7 Å². The lowest BCUT2D eigenvalue weighted by Gasteiger charge is -2.25. The smallest absolute Gasteiger partial charge is 0.346 e. The van der Waals surface area contributed by atoms with Gasteiger partial charge in [0.2, 0.25) is 11.7 Å². The van der Waals surface area contributed by atoms with Crippen LogP contribution in [0.5, 0.6) is 17.2 Å². The Hall–Kier alpha value is -3.59. The summed E-state index contributed by atoms with van der Waals surface area (Å²) in [7, 11) is 2.79. The number of carboxylic acids is 1. The standard InChI is InChI=1S/C22H18FNO6S/c1-29-14-7-11(8-15(30-2)19(14)26)13-9-16(25)24-18-17(10-4-3-5-12(23)6-10)21(22(27)28)31-20(13)18/h3-8,13,26H,9H2,1-2H3,(H,24,25)(H,27,28)/t13-/m1/s1. The van der Waals surface area contributed by atoms with Crippen molar-refractivity contribution in [3.05, 3.63) is 57.5 Å². The minimum atomic E-state index is -1.17. The van der Waals surface area contributed by atoms with Crippen molar-refractivity contribution in [1.82, 2.24) is 0 Å². The number of thiophene rings is 1. The van der Waals surface area contributed by atoms with Gasteiger partial charge in [-0.05, 0) is 35.4 Å². The van der Waals surface area contributed by atoms with Crippen molar-refractivity contribution in [2.45, 2.75) is 12.3 Å². The lowest BCUT2D eigenvalue weighted by atomic mass is 9.88. The minimum absolute atomic E-state index is 0.000471. The van der Waals surface area contributed by atoms with Gasteiger partial charge in [0.1, 0.15) is 10.7 Å². The fourth-order valence-electron chi connectivity index (χ4n) is 3.74. The number of carboxylic acid groups (broad SMARTS) is 1. The molecule has 0 bridgehead atoms. The second-order valence-corrected chi connectivity index (χ2v) is 7.99. The van der Waals surface area contributed by atoms with Crippen molar-refractivity contribution in [3.8, 4) is 28.4 Å². The monoisotopic (exact) mass is 443 g/mol. The number of nitrogens with one attached hydrogen (secondary N) is 1. The molecule has 1 aliphatic rings. The van der Waals surface area contributed by atoms with E-state index in [1.807, 2.05) is 0 Å². The van der Waals surface area contributed by atoms with E-state index in [-0.39, 0.29) is 40.0 Å². The van der Waals surface area contributed by atoms with Crippen molar-refractivity contribution < 1.29 is 33.7 Å². The lowest BCUT2D eigenvalue weighted by Crippen LogP contribution is -2.22. The number of hydrogen-bond acceptors (Lipinski definition) is 6. The lowest BCUT2D eigenvalue weighted by molar-refractivity contribution is -0.116. The van der Waals surface area contributed by atoms with Gasteiger partial charge >= 0.3 is 5.97 Å². The number of carbonyl (C=O) groups is 2. The quantitative estimate of drug-likeness (QED) is 0.538. The number of phenolic OH excluding ortho intramolecular Hbond substituents is 1. The molecule has 0 radical (unpaired) electrons. The number of carbonyl (C=O) groups excluding carboxylic acids is 1. The van der Waals surface area contributed by atoms with Crippen LogP contribution in [0.3, 0.4) is 0 Å². The van der Waals surface area contributed by atoms with Crippen LogP contribution in [0.15, 0.2) is 36.4 Å². The van der Waals surface area contributed by atoms with Crippen LogP contribution in [0.4, 0.5) is 10.1 Å². The molecule has 9 heteroatoms. The molecular weight excluding hydrogens is 425 g/mol. The highest BCUT2D eigenvalue weighted by atomic mass is 32.1. The van der Waals surface area contributed by atoms with E-state index in [9.17, 15) is 24.2 Å². The predicted octanol–water partition coefficient (Wildman–Crippen LogP) is 4.45. The van der Waals surface area contributed by atoms with E-state index < -0.39 is 17.7 Å². The third-order valence-electron chi connectivity index (χ3n) is 5.12. The van der Waals surface area contributed by atoms with E-state index >= 15 is 0 Å². The van der Waals surface area contributed by atoms with Gasteiger partial charge in [0.15, 0.2) is 11.5 Å². The predicted molar refractivity (Wildman–Crippen MR) is 113 cm³/mol. The number of fused-ring (bicyclic) bond motifs is 1. The van der Waals surface area contributed by atoms with E-state index in [1.54, 1.807) is 18.2 Å². The third kappa shape index (κ3) is 3.57. The summed E-state index contributed by atoms with van der Waals surface area (Å²) in [5, 5.41) is 22.8. The molecule has 0 saturated carbocycles. The summed E-state index contributed by atoms with van der Waals surface area (Å²) >= 11 is 1.03. The van der Waals surface area contributed by atoms with E-state index in [0.717, 1.165) is 11.3 Å². The van der Waals surface area contributed by atoms with Crippen LogP contribution in [-0.2, 0) is 4.79 Å². The summed E-state index contributed by atoms with van der Waals surface area (Å²) in [6.45, 7) is 0. The van der Waals surface area contributed by atoms with E-state index in [1.165, 1.54) is 32.4 Å². The minimum Gasteiger partial charge on any atom is -0.502 e. The van der Waals surface area contributed by atoms with E-state index in [4.69, 9.17) is 9.47 Å². The topological polar surface area (TPSA) is 105 Å². The Balaban J connectivity index is 1.95. The Morgan fingerprint density at radius 2 is 1.87 bits per heavy atom. The van der Waals surface area contributed by atoms with Gasteiger partial charge in [-0.2, -0.15) is 0 Å². The Kier molecular flexibility index (Phi) is 5.28. The summed E-state index contributed by atoms with van der Waals surface area (Å²) in [4.78, 5) is 25.2. The number of halogens is 1. The van der Waals surface area contributed by atoms with Gasteiger partial charge in [0.25, 0.3) is 0 Å². The molecule has 31 heavy (non-hydrogen) atoms. The molecule has 3 N–H and O–H groups in total. The highest BCUT2D eigenvalue weighted by molar-refractivity contribution is 7.15. The van der Waals surface area contributed by atoms with Gasteiger partial charge < -0.3 is 25.0 Å². The molecule has 3 aromatic rings. The maximum Gasteiger partial charge on any atom is 0.346 e. The molecule has 1 amide bonds. The molecule has 4 rings (SSSR count). The van der Waals surface area contributed by atoms with Gasteiger partial charge in [-0.25, -0.2) is 9.18 Å². The number of aromatic carboxylic acids is 1. The zero-order chi connectivity index (χ0) is 22.3. The zero-order valence-corrected chi connectivity index (χ0v) is 17.4. The van der Waals surface area contributed by atoms with Crippen LogP contribution in [0.25, 0.3) is 11.1 Å². The molecule has 0 unspecified atom stereocenters. The Bertz CT molecular complexity index is 1180. The molecule has 0 saturated heterocycles. The number of ether oxygens (including phenoxy) is 2. The molecule has 1 atom stereocenters. The van der Waals surface area contributed by atoms with Crippen molar-refractivity contribution in [2.75, 3.05) is 19.5 Å². The van der Waals surface area contributed by atoms with E-state index in [2.05, 4.69) is 5.32 Å². The largest absolute Gasteiger partial charge is 0.502 e. The third-order valence-corrected chi connectivity index (χ3v) is 6.41. The first-order valence-electron chi connectivity index (χ1n) is 9.24. The normalized spacial score (nSPS) is 15.2. The molecule has 2 aromatic carbocycles. The maximum absolute atomic E-state index is 13.9. The average Bonchev–Trinajstić information content (AvgIpc) is 3.13. The number of aromatic hydroxyl groups is 1. The maximum atomic E-state index is 13.9. The molecule has 160 valence electrons.